The van der Waals surface area contributed by atoms with Crippen molar-refractivity contribution < 1.29 is 0 Å². The van der Waals surface area contributed by atoms with Crippen LogP contribution in [-0.4, -0.2) is 30.9 Å². The van der Waals surface area contributed by atoms with Gasteiger partial charge >= 0.3 is 0 Å². The molecule has 4 heterocycles. The van der Waals surface area contributed by atoms with E-state index < -0.39 is 0 Å². The summed E-state index contributed by atoms with van der Waals surface area (Å²) >= 11 is 0. The minimum Gasteiger partial charge on any atom is -0.324 e. The van der Waals surface area contributed by atoms with Crippen molar-refractivity contribution in [2.45, 2.75) is 52.6 Å². The van der Waals surface area contributed by atoms with Crippen LogP contribution in [0.3, 0.4) is 0 Å². The summed E-state index contributed by atoms with van der Waals surface area (Å²) in [5.74, 6) is 0.870. The van der Waals surface area contributed by atoms with E-state index in [2.05, 4.69) is 33.8 Å². The van der Waals surface area contributed by atoms with Gasteiger partial charge in [-0.15, -0.1) is 0 Å². The predicted molar refractivity (Wildman–Crippen MR) is 135 cm³/mol. The zero-order valence-corrected chi connectivity index (χ0v) is 20.4. The van der Waals surface area contributed by atoms with Crippen molar-refractivity contribution in [1.82, 2.24) is 29.6 Å². The van der Waals surface area contributed by atoms with E-state index in [4.69, 9.17) is 9.97 Å². The van der Waals surface area contributed by atoms with Crippen LogP contribution in [0.5, 0.6) is 0 Å². The number of nitrogens with zero attached hydrogens (tertiary/aromatic N) is 6. The number of fused-ring (bicyclic) bond motifs is 2. The number of benzene rings is 1. The lowest BCUT2D eigenvalue weighted by molar-refractivity contribution is 0.545. The minimum atomic E-state index is -0.272. The van der Waals surface area contributed by atoms with Gasteiger partial charge in [-0.1, -0.05) is 26.8 Å². The summed E-state index contributed by atoms with van der Waals surface area (Å²) in [6.45, 7) is 10.3. The van der Waals surface area contributed by atoms with Crippen LogP contribution in [0, 0.1) is 11.3 Å². The Morgan fingerprint density at radius 3 is 2.74 bits per heavy atom. The van der Waals surface area contributed by atoms with Crippen LogP contribution in [0.4, 0.5) is 11.6 Å². The highest BCUT2D eigenvalue weighted by molar-refractivity contribution is 5.77. The van der Waals surface area contributed by atoms with E-state index >= 15 is 0 Å². The number of hydrogen-bond donors (Lipinski definition) is 2. The Morgan fingerprint density at radius 1 is 1.17 bits per heavy atom. The van der Waals surface area contributed by atoms with Crippen LogP contribution in [0.2, 0.25) is 0 Å². The van der Waals surface area contributed by atoms with Crippen molar-refractivity contribution in [3.8, 4) is 11.9 Å². The van der Waals surface area contributed by atoms with Gasteiger partial charge in [0.2, 0.25) is 5.95 Å². The highest BCUT2D eigenvalue weighted by Crippen LogP contribution is 2.25. The Labute approximate surface area is 203 Å². The van der Waals surface area contributed by atoms with E-state index in [0.29, 0.717) is 34.9 Å². The summed E-state index contributed by atoms with van der Waals surface area (Å²) in [4.78, 5) is 27.1. The van der Waals surface area contributed by atoms with Gasteiger partial charge in [-0.3, -0.25) is 4.79 Å². The van der Waals surface area contributed by atoms with Gasteiger partial charge in [0.25, 0.3) is 5.56 Å². The first-order valence-corrected chi connectivity index (χ1v) is 11.8. The number of pyridine rings is 1. The second-order valence-corrected chi connectivity index (χ2v) is 9.76. The largest absolute Gasteiger partial charge is 0.324 e. The van der Waals surface area contributed by atoms with Crippen LogP contribution in [0.25, 0.3) is 16.9 Å². The maximum atomic E-state index is 13.2. The van der Waals surface area contributed by atoms with Crippen molar-refractivity contribution in [2.24, 2.45) is 0 Å². The predicted octanol–water partition coefficient (Wildman–Crippen LogP) is 3.56. The molecule has 0 bridgehead atoms. The third-order valence-electron chi connectivity index (χ3n) is 6.25. The summed E-state index contributed by atoms with van der Waals surface area (Å²) in [6.07, 6.45) is 2.53. The highest BCUT2D eigenvalue weighted by Gasteiger charge is 2.22. The van der Waals surface area contributed by atoms with Crippen LogP contribution >= 0.6 is 0 Å². The van der Waals surface area contributed by atoms with Crippen LogP contribution in [0.15, 0.2) is 41.3 Å². The molecule has 9 nitrogen and oxygen atoms in total. The number of hydrogen-bond acceptors (Lipinski definition) is 7. The molecule has 5 rings (SSSR count). The average molecular weight is 469 g/mol. The molecular formula is C26H28N8O. The number of rotatable bonds is 4. The Balaban J connectivity index is 1.64. The fourth-order valence-corrected chi connectivity index (χ4v) is 4.36. The van der Waals surface area contributed by atoms with Gasteiger partial charge < -0.3 is 10.6 Å². The molecule has 0 saturated heterocycles. The molecule has 0 saturated carbocycles. The molecule has 0 unspecified atom stereocenters. The Bertz CT molecular complexity index is 1530. The molecule has 3 aromatic heterocycles. The highest BCUT2D eigenvalue weighted by atomic mass is 16.1. The molecule has 1 aromatic carbocycles. The number of nitriles is 1. The summed E-state index contributed by atoms with van der Waals surface area (Å²) in [7, 11) is 0. The van der Waals surface area contributed by atoms with E-state index in [0.717, 1.165) is 30.9 Å². The number of aromatic nitrogens is 5. The van der Waals surface area contributed by atoms with Gasteiger partial charge in [0.1, 0.15) is 5.39 Å². The van der Waals surface area contributed by atoms with Gasteiger partial charge in [0.15, 0.2) is 11.5 Å². The van der Waals surface area contributed by atoms with Crippen LogP contribution in [-0.2, 0) is 24.9 Å². The maximum Gasteiger partial charge on any atom is 0.278 e. The van der Waals surface area contributed by atoms with Crippen LogP contribution in [0.1, 0.15) is 50.1 Å². The molecule has 0 atom stereocenters. The fraction of sp³-hybridized carbons (Fsp3) is 0.346. The first-order valence-electron chi connectivity index (χ1n) is 11.8. The molecule has 35 heavy (non-hydrogen) atoms. The summed E-state index contributed by atoms with van der Waals surface area (Å²) in [5.41, 5.74) is 4.71. The molecule has 1 aliphatic rings. The third-order valence-corrected chi connectivity index (χ3v) is 6.25. The minimum absolute atomic E-state index is 0.197. The standard InChI is InChI=1S/C26H28N8O/c1-5-33-24(35)20-15-29-25(30-19-7-6-18-14-28-9-8-17(18)12-19)32-23(20)34(33)22-11-16(13-27)10-21(31-22)26(2,3)4/h6-7,10-12,15,28H,5,8-9,14H2,1-4H3,(H,29,30,32). The number of nitrogens with one attached hydrogen (secondary N) is 2. The van der Waals surface area contributed by atoms with Crippen molar-refractivity contribution in [1.29, 1.82) is 5.26 Å². The zero-order chi connectivity index (χ0) is 24.7. The summed E-state index contributed by atoms with van der Waals surface area (Å²) in [6, 6.07) is 11.9. The maximum absolute atomic E-state index is 13.2. The summed E-state index contributed by atoms with van der Waals surface area (Å²) < 4.78 is 3.27. The van der Waals surface area contributed by atoms with E-state index in [1.807, 2.05) is 33.8 Å². The summed E-state index contributed by atoms with van der Waals surface area (Å²) in [5, 5.41) is 16.7. The average Bonchev–Trinajstić information content (AvgIpc) is 3.14. The Morgan fingerprint density at radius 2 is 2.00 bits per heavy atom. The van der Waals surface area contributed by atoms with E-state index in [9.17, 15) is 10.1 Å². The van der Waals surface area contributed by atoms with Gasteiger partial charge in [0.05, 0.1) is 11.6 Å². The molecule has 9 heteroatoms. The molecule has 0 aliphatic carbocycles. The molecule has 0 radical (unpaired) electrons. The quantitative estimate of drug-likeness (QED) is 0.471. The Kier molecular flexibility index (Phi) is 5.61. The third kappa shape index (κ3) is 4.17. The lowest BCUT2D eigenvalue weighted by Gasteiger charge is -2.20. The van der Waals surface area contributed by atoms with Crippen molar-refractivity contribution in [2.75, 3.05) is 11.9 Å². The van der Waals surface area contributed by atoms with Crippen molar-refractivity contribution in [3.63, 3.8) is 0 Å². The molecule has 178 valence electrons. The first-order chi connectivity index (χ1) is 16.8. The molecule has 4 aromatic rings. The smallest absolute Gasteiger partial charge is 0.278 e. The van der Waals surface area contributed by atoms with E-state index in [1.54, 1.807) is 27.7 Å². The molecule has 1 aliphatic heterocycles. The zero-order valence-electron chi connectivity index (χ0n) is 20.4. The first kappa shape index (κ1) is 22.7. The molecule has 0 fully saturated rings. The van der Waals surface area contributed by atoms with Crippen LogP contribution < -0.4 is 16.2 Å². The topological polar surface area (TPSA) is 113 Å². The SMILES string of the molecule is CCn1c(=O)c2cnc(Nc3ccc4c(c3)CCNC4)nc2n1-c1cc(C#N)cc(C(C)(C)C)n1. The molecule has 2 N–H and O–H groups in total. The van der Waals surface area contributed by atoms with Gasteiger partial charge in [-0.05, 0) is 49.2 Å². The van der Waals surface area contributed by atoms with Gasteiger partial charge in [0, 0.05) is 42.1 Å². The normalized spacial score (nSPS) is 13.5. The lowest BCUT2D eigenvalue weighted by atomic mass is 9.91. The number of anilines is 2. The van der Waals surface area contributed by atoms with Gasteiger partial charge in [-0.25, -0.2) is 19.3 Å². The monoisotopic (exact) mass is 468 g/mol. The fourth-order valence-electron chi connectivity index (χ4n) is 4.36. The molecular weight excluding hydrogens is 440 g/mol. The Hall–Kier alpha value is -4.03. The molecule has 0 spiro atoms. The van der Waals surface area contributed by atoms with Crippen molar-refractivity contribution >= 4 is 22.7 Å². The van der Waals surface area contributed by atoms with E-state index in [1.165, 1.54) is 11.1 Å². The second-order valence-electron chi connectivity index (χ2n) is 9.76. The molecule has 0 amide bonds. The van der Waals surface area contributed by atoms with Crippen molar-refractivity contribution in [3.05, 3.63) is 69.3 Å². The van der Waals surface area contributed by atoms with Gasteiger partial charge in [-0.2, -0.15) is 10.2 Å². The van der Waals surface area contributed by atoms with E-state index in [-0.39, 0.29) is 11.0 Å². The lowest BCUT2D eigenvalue weighted by Crippen LogP contribution is -2.23. The second kappa shape index (κ2) is 8.64.